The standard InChI is InChI=1S/C15H25N3/c1-4-5-12-6-8-13(9-7-12)15-17-11(2)10-14(16-3)18-15/h10,12-13H,4-9H2,1-3H3,(H,16,17,18). The molecule has 1 fully saturated rings. The summed E-state index contributed by atoms with van der Waals surface area (Å²) < 4.78 is 0. The molecule has 0 aromatic carbocycles. The molecule has 1 aromatic heterocycles. The van der Waals surface area contributed by atoms with Crippen LogP contribution in [-0.4, -0.2) is 17.0 Å². The summed E-state index contributed by atoms with van der Waals surface area (Å²) in [6.45, 7) is 4.34. The van der Waals surface area contributed by atoms with Gasteiger partial charge in [0.2, 0.25) is 0 Å². The van der Waals surface area contributed by atoms with Crippen LogP contribution in [-0.2, 0) is 0 Å². The number of nitrogens with zero attached hydrogens (tertiary/aromatic N) is 2. The maximum absolute atomic E-state index is 4.63. The van der Waals surface area contributed by atoms with Crippen LogP contribution in [0, 0.1) is 12.8 Å². The summed E-state index contributed by atoms with van der Waals surface area (Å²) in [6, 6.07) is 2.01. The van der Waals surface area contributed by atoms with Gasteiger partial charge in [0.1, 0.15) is 11.6 Å². The molecule has 1 aliphatic carbocycles. The molecule has 2 rings (SSSR count). The van der Waals surface area contributed by atoms with Gasteiger partial charge in [-0.15, -0.1) is 0 Å². The Kier molecular flexibility index (Phi) is 4.56. The van der Waals surface area contributed by atoms with E-state index in [1.54, 1.807) is 0 Å². The summed E-state index contributed by atoms with van der Waals surface area (Å²) in [5.74, 6) is 3.52. The first-order chi connectivity index (χ1) is 8.72. The zero-order valence-corrected chi connectivity index (χ0v) is 11.9. The quantitative estimate of drug-likeness (QED) is 0.876. The van der Waals surface area contributed by atoms with Gasteiger partial charge in [-0.05, 0) is 38.5 Å². The molecule has 0 aliphatic heterocycles. The second kappa shape index (κ2) is 6.17. The zero-order valence-electron chi connectivity index (χ0n) is 11.9. The van der Waals surface area contributed by atoms with E-state index < -0.39 is 0 Å². The highest BCUT2D eigenvalue weighted by Crippen LogP contribution is 2.36. The van der Waals surface area contributed by atoms with Crippen molar-refractivity contribution in [1.82, 2.24) is 9.97 Å². The minimum Gasteiger partial charge on any atom is -0.373 e. The Labute approximate surface area is 110 Å². The fourth-order valence-electron chi connectivity index (χ4n) is 3.02. The monoisotopic (exact) mass is 247 g/mol. The third-order valence-corrected chi connectivity index (χ3v) is 4.04. The first-order valence-corrected chi connectivity index (χ1v) is 7.26. The Balaban J connectivity index is 2.02. The van der Waals surface area contributed by atoms with Crippen LogP contribution in [0.4, 0.5) is 5.82 Å². The van der Waals surface area contributed by atoms with Gasteiger partial charge in [0.15, 0.2) is 0 Å². The number of hydrogen-bond acceptors (Lipinski definition) is 3. The molecule has 0 unspecified atom stereocenters. The van der Waals surface area contributed by atoms with Gasteiger partial charge in [0.25, 0.3) is 0 Å². The molecule has 0 amide bonds. The largest absolute Gasteiger partial charge is 0.373 e. The van der Waals surface area contributed by atoms with Gasteiger partial charge in [-0.25, -0.2) is 9.97 Å². The van der Waals surface area contributed by atoms with Crippen LogP contribution in [0.3, 0.4) is 0 Å². The van der Waals surface area contributed by atoms with Gasteiger partial charge in [0, 0.05) is 24.7 Å². The van der Waals surface area contributed by atoms with Crippen LogP contribution in [0.2, 0.25) is 0 Å². The second-order valence-corrected chi connectivity index (χ2v) is 5.51. The number of rotatable bonds is 4. The van der Waals surface area contributed by atoms with E-state index in [1.165, 1.54) is 38.5 Å². The predicted octanol–water partition coefficient (Wildman–Crippen LogP) is 3.90. The van der Waals surface area contributed by atoms with Gasteiger partial charge < -0.3 is 5.32 Å². The molecular formula is C15H25N3. The summed E-state index contributed by atoms with van der Waals surface area (Å²) in [6.07, 6.45) is 7.94. The Morgan fingerprint density at radius 2 is 1.94 bits per heavy atom. The third-order valence-electron chi connectivity index (χ3n) is 4.04. The smallest absolute Gasteiger partial charge is 0.134 e. The molecule has 100 valence electrons. The molecule has 3 nitrogen and oxygen atoms in total. The maximum atomic E-state index is 4.63. The molecule has 18 heavy (non-hydrogen) atoms. The van der Waals surface area contributed by atoms with E-state index in [4.69, 9.17) is 0 Å². The number of aromatic nitrogens is 2. The topological polar surface area (TPSA) is 37.8 Å². The van der Waals surface area contributed by atoms with E-state index in [-0.39, 0.29) is 0 Å². The summed E-state index contributed by atoms with van der Waals surface area (Å²) in [4.78, 5) is 9.25. The van der Waals surface area contributed by atoms with Gasteiger partial charge in [-0.3, -0.25) is 0 Å². The fourth-order valence-corrected chi connectivity index (χ4v) is 3.02. The van der Waals surface area contributed by atoms with Crippen LogP contribution >= 0.6 is 0 Å². The molecule has 0 radical (unpaired) electrons. The highest BCUT2D eigenvalue weighted by Gasteiger charge is 2.24. The van der Waals surface area contributed by atoms with Gasteiger partial charge in [0.05, 0.1) is 0 Å². The van der Waals surface area contributed by atoms with E-state index in [9.17, 15) is 0 Å². The highest BCUT2D eigenvalue weighted by atomic mass is 15.0. The first kappa shape index (κ1) is 13.3. The summed E-state index contributed by atoms with van der Waals surface area (Å²) >= 11 is 0. The molecule has 1 aliphatic rings. The molecule has 1 saturated carbocycles. The van der Waals surface area contributed by atoms with Crippen molar-refractivity contribution in [3.8, 4) is 0 Å². The maximum Gasteiger partial charge on any atom is 0.134 e. The molecule has 3 heteroatoms. The van der Waals surface area contributed by atoms with Crippen molar-refractivity contribution < 1.29 is 0 Å². The highest BCUT2D eigenvalue weighted by molar-refractivity contribution is 5.35. The lowest BCUT2D eigenvalue weighted by atomic mass is 9.80. The number of anilines is 1. The van der Waals surface area contributed by atoms with Crippen molar-refractivity contribution in [2.45, 2.75) is 58.3 Å². The van der Waals surface area contributed by atoms with Gasteiger partial charge in [-0.1, -0.05) is 19.8 Å². The van der Waals surface area contributed by atoms with Crippen molar-refractivity contribution in [2.75, 3.05) is 12.4 Å². The van der Waals surface area contributed by atoms with E-state index in [0.29, 0.717) is 5.92 Å². The minimum absolute atomic E-state index is 0.574. The zero-order chi connectivity index (χ0) is 13.0. The van der Waals surface area contributed by atoms with Crippen molar-refractivity contribution >= 4 is 5.82 Å². The average molecular weight is 247 g/mol. The summed E-state index contributed by atoms with van der Waals surface area (Å²) in [5.41, 5.74) is 1.07. The lowest BCUT2D eigenvalue weighted by molar-refractivity contribution is 0.302. The Bertz CT molecular complexity index is 381. The van der Waals surface area contributed by atoms with E-state index >= 15 is 0 Å². The molecule has 0 bridgehead atoms. The second-order valence-electron chi connectivity index (χ2n) is 5.51. The molecule has 1 aromatic rings. The van der Waals surface area contributed by atoms with Crippen molar-refractivity contribution in [3.05, 3.63) is 17.6 Å². The summed E-state index contributed by atoms with van der Waals surface area (Å²) in [5, 5.41) is 3.13. The lowest BCUT2D eigenvalue weighted by Crippen LogP contribution is -2.16. The van der Waals surface area contributed by atoms with Crippen LogP contribution in [0.1, 0.15) is 62.9 Å². The third kappa shape index (κ3) is 3.21. The molecule has 1 N–H and O–H groups in total. The Morgan fingerprint density at radius 1 is 1.22 bits per heavy atom. The number of nitrogens with one attached hydrogen (secondary N) is 1. The van der Waals surface area contributed by atoms with Crippen LogP contribution < -0.4 is 5.32 Å². The molecule has 0 atom stereocenters. The predicted molar refractivity (Wildman–Crippen MR) is 75.9 cm³/mol. The fraction of sp³-hybridized carbons (Fsp3) is 0.733. The van der Waals surface area contributed by atoms with Crippen LogP contribution in [0.25, 0.3) is 0 Å². The van der Waals surface area contributed by atoms with Crippen molar-refractivity contribution in [1.29, 1.82) is 0 Å². The van der Waals surface area contributed by atoms with Crippen LogP contribution in [0.5, 0.6) is 0 Å². The Hall–Kier alpha value is -1.12. The average Bonchev–Trinajstić information content (AvgIpc) is 2.39. The van der Waals surface area contributed by atoms with Crippen molar-refractivity contribution in [3.63, 3.8) is 0 Å². The normalized spacial score (nSPS) is 23.9. The molecule has 1 heterocycles. The van der Waals surface area contributed by atoms with E-state index in [2.05, 4.69) is 29.1 Å². The van der Waals surface area contributed by atoms with Crippen molar-refractivity contribution in [2.24, 2.45) is 5.92 Å². The number of aryl methyl sites for hydroxylation is 1. The SMILES string of the molecule is CCCC1CCC(c2nc(C)cc(NC)n2)CC1. The van der Waals surface area contributed by atoms with Gasteiger partial charge >= 0.3 is 0 Å². The number of hydrogen-bond donors (Lipinski definition) is 1. The molecule has 0 spiro atoms. The minimum atomic E-state index is 0.574. The molecular weight excluding hydrogens is 222 g/mol. The van der Waals surface area contributed by atoms with Crippen LogP contribution in [0.15, 0.2) is 6.07 Å². The van der Waals surface area contributed by atoms with Gasteiger partial charge in [-0.2, -0.15) is 0 Å². The van der Waals surface area contributed by atoms with E-state index in [1.807, 2.05) is 13.1 Å². The Morgan fingerprint density at radius 3 is 2.56 bits per heavy atom. The molecule has 0 saturated heterocycles. The first-order valence-electron chi connectivity index (χ1n) is 7.26. The lowest BCUT2D eigenvalue weighted by Gasteiger charge is -2.27. The van der Waals surface area contributed by atoms with E-state index in [0.717, 1.165) is 23.3 Å². The summed E-state index contributed by atoms with van der Waals surface area (Å²) in [7, 11) is 1.92.